The van der Waals surface area contributed by atoms with Crippen LogP contribution in [0.2, 0.25) is 0 Å². The summed E-state index contributed by atoms with van der Waals surface area (Å²) in [7, 11) is 1.63. The summed E-state index contributed by atoms with van der Waals surface area (Å²) in [5.41, 5.74) is 0.804. The minimum atomic E-state index is -0.253. The van der Waals surface area contributed by atoms with Crippen molar-refractivity contribution in [1.29, 1.82) is 0 Å². The molecule has 0 amide bonds. The lowest BCUT2D eigenvalue weighted by molar-refractivity contribution is 0.0714. The Bertz CT molecular complexity index is 317. The predicted molar refractivity (Wildman–Crippen MR) is 61.0 cm³/mol. The van der Waals surface area contributed by atoms with Crippen LogP contribution in [-0.2, 0) is 10.1 Å². The number of alkyl halides is 1. The number of methoxy groups -OCH3 is 1. The molecule has 15 heavy (non-hydrogen) atoms. The van der Waals surface area contributed by atoms with Gasteiger partial charge in [0.05, 0.1) is 6.10 Å². The Kier molecular flexibility index (Phi) is 5.05. The molecule has 0 aliphatic heterocycles. The Labute approximate surface area is 97.5 Å². The maximum absolute atomic E-state index is 12.9. The Morgan fingerprint density at radius 1 is 1.47 bits per heavy atom. The minimum absolute atomic E-state index is 0.0261. The van der Waals surface area contributed by atoms with Gasteiger partial charge < -0.3 is 9.47 Å². The van der Waals surface area contributed by atoms with E-state index in [9.17, 15) is 4.39 Å². The molecule has 0 bridgehead atoms. The van der Waals surface area contributed by atoms with Crippen LogP contribution >= 0.6 is 15.9 Å². The van der Waals surface area contributed by atoms with Crippen LogP contribution in [0.25, 0.3) is 0 Å². The SMILES string of the molecule is COC(C)COc1ccc(F)cc1CBr. The first-order chi connectivity index (χ1) is 7.17. The Morgan fingerprint density at radius 3 is 2.80 bits per heavy atom. The van der Waals surface area contributed by atoms with Crippen molar-refractivity contribution in [1.82, 2.24) is 0 Å². The lowest BCUT2D eigenvalue weighted by Gasteiger charge is -2.13. The van der Waals surface area contributed by atoms with Crippen LogP contribution in [0.5, 0.6) is 5.75 Å². The summed E-state index contributed by atoms with van der Waals surface area (Å²) < 4.78 is 23.5. The third kappa shape index (κ3) is 3.80. The minimum Gasteiger partial charge on any atom is -0.491 e. The van der Waals surface area contributed by atoms with Crippen molar-refractivity contribution in [3.63, 3.8) is 0 Å². The van der Waals surface area contributed by atoms with Gasteiger partial charge in [0.15, 0.2) is 0 Å². The standard InChI is InChI=1S/C11H14BrFO2/c1-8(14-2)7-15-11-4-3-10(13)5-9(11)6-12/h3-5,8H,6-7H2,1-2H3. The van der Waals surface area contributed by atoms with Crippen LogP contribution in [0.15, 0.2) is 18.2 Å². The van der Waals surface area contributed by atoms with Gasteiger partial charge >= 0.3 is 0 Å². The van der Waals surface area contributed by atoms with Crippen molar-refractivity contribution in [3.05, 3.63) is 29.6 Å². The number of hydrogen-bond acceptors (Lipinski definition) is 2. The van der Waals surface area contributed by atoms with Gasteiger partial charge in [-0.1, -0.05) is 15.9 Å². The zero-order chi connectivity index (χ0) is 11.3. The highest BCUT2D eigenvalue weighted by molar-refractivity contribution is 9.08. The van der Waals surface area contributed by atoms with Gasteiger partial charge in [0.25, 0.3) is 0 Å². The summed E-state index contributed by atoms with van der Waals surface area (Å²) in [6.45, 7) is 2.37. The molecule has 0 fully saturated rings. The molecule has 0 aromatic heterocycles. The number of halogens is 2. The molecule has 1 atom stereocenters. The molecular formula is C11H14BrFO2. The monoisotopic (exact) mass is 276 g/mol. The van der Waals surface area contributed by atoms with Gasteiger partial charge in [0, 0.05) is 18.0 Å². The van der Waals surface area contributed by atoms with E-state index in [0.29, 0.717) is 17.7 Å². The second-order valence-corrected chi connectivity index (χ2v) is 3.80. The molecule has 0 radical (unpaired) electrons. The van der Waals surface area contributed by atoms with Crippen LogP contribution in [0.3, 0.4) is 0 Å². The molecule has 0 aliphatic carbocycles. The molecule has 0 aliphatic rings. The summed E-state index contributed by atoms with van der Waals surface area (Å²) in [4.78, 5) is 0. The van der Waals surface area contributed by atoms with Crippen molar-refractivity contribution in [3.8, 4) is 5.75 Å². The zero-order valence-corrected chi connectivity index (χ0v) is 10.4. The first-order valence-electron chi connectivity index (χ1n) is 4.67. The maximum atomic E-state index is 12.9. The summed E-state index contributed by atoms with van der Waals surface area (Å²) in [6, 6.07) is 4.48. The van der Waals surface area contributed by atoms with E-state index in [1.807, 2.05) is 6.92 Å². The number of benzene rings is 1. The molecule has 4 heteroatoms. The van der Waals surface area contributed by atoms with Crippen LogP contribution in [0, 0.1) is 5.82 Å². The molecule has 84 valence electrons. The molecule has 1 unspecified atom stereocenters. The summed E-state index contributed by atoms with van der Waals surface area (Å²) in [6.07, 6.45) is 0.0261. The average molecular weight is 277 g/mol. The maximum Gasteiger partial charge on any atom is 0.123 e. The number of ether oxygens (including phenoxy) is 2. The molecule has 0 heterocycles. The van der Waals surface area contributed by atoms with Gasteiger partial charge in [0.2, 0.25) is 0 Å². The highest BCUT2D eigenvalue weighted by Crippen LogP contribution is 2.22. The molecule has 1 aromatic carbocycles. The normalized spacial score (nSPS) is 12.5. The van der Waals surface area contributed by atoms with E-state index in [2.05, 4.69) is 15.9 Å². The Balaban J connectivity index is 2.67. The third-order valence-corrected chi connectivity index (χ3v) is 2.65. The second kappa shape index (κ2) is 6.08. The fraction of sp³-hybridized carbons (Fsp3) is 0.455. The zero-order valence-electron chi connectivity index (χ0n) is 8.80. The fourth-order valence-electron chi connectivity index (χ4n) is 1.07. The number of rotatable bonds is 5. The van der Waals surface area contributed by atoms with E-state index in [0.717, 1.165) is 5.56 Å². The van der Waals surface area contributed by atoms with Gasteiger partial charge in [-0.05, 0) is 25.1 Å². The molecule has 0 saturated carbocycles. The van der Waals surface area contributed by atoms with Crippen molar-refractivity contribution in [2.24, 2.45) is 0 Å². The quantitative estimate of drug-likeness (QED) is 0.770. The topological polar surface area (TPSA) is 18.5 Å². The van der Waals surface area contributed by atoms with Gasteiger partial charge in [-0.25, -0.2) is 4.39 Å². The average Bonchev–Trinajstić information content (AvgIpc) is 2.26. The highest BCUT2D eigenvalue weighted by atomic mass is 79.9. The molecule has 0 spiro atoms. The van der Waals surface area contributed by atoms with Crippen LogP contribution < -0.4 is 4.74 Å². The molecule has 2 nitrogen and oxygen atoms in total. The van der Waals surface area contributed by atoms with E-state index >= 15 is 0 Å². The first-order valence-corrected chi connectivity index (χ1v) is 5.79. The van der Waals surface area contributed by atoms with E-state index < -0.39 is 0 Å². The molecule has 1 rings (SSSR count). The van der Waals surface area contributed by atoms with Crippen LogP contribution in [0.4, 0.5) is 4.39 Å². The van der Waals surface area contributed by atoms with E-state index in [1.165, 1.54) is 12.1 Å². The lowest BCUT2D eigenvalue weighted by Crippen LogP contribution is -2.16. The molecule has 0 N–H and O–H groups in total. The first kappa shape index (κ1) is 12.5. The van der Waals surface area contributed by atoms with Gasteiger partial charge in [0.1, 0.15) is 18.2 Å². The predicted octanol–water partition coefficient (Wildman–Crippen LogP) is 3.13. The van der Waals surface area contributed by atoms with Crippen LogP contribution in [-0.4, -0.2) is 19.8 Å². The van der Waals surface area contributed by atoms with Crippen molar-refractivity contribution in [2.75, 3.05) is 13.7 Å². The van der Waals surface area contributed by atoms with E-state index in [4.69, 9.17) is 9.47 Å². The fourth-order valence-corrected chi connectivity index (χ4v) is 1.51. The summed E-state index contributed by atoms with van der Waals surface area (Å²) >= 11 is 3.29. The second-order valence-electron chi connectivity index (χ2n) is 3.24. The van der Waals surface area contributed by atoms with E-state index in [1.54, 1.807) is 13.2 Å². The van der Waals surface area contributed by atoms with Gasteiger partial charge in [-0.2, -0.15) is 0 Å². The smallest absolute Gasteiger partial charge is 0.123 e. The largest absolute Gasteiger partial charge is 0.491 e. The Hall–Kier alpha value is -0.610. The van der Waals surface area contributed by atoms with Crippen molar-refractivity contribution in [2.45, 2.75) is 18.4 Å². The highest BCUT2D eigenvalue weighted by Gasteiger charge is 2.06. The molecule has 0 saturated heterocycles. The molecule has 1 aromatic rings. The lowest BCUT2D eigenvalue weighted by atomic mass is 10.2. The molecular weight excluding hydrogens is 263 g/mol. The number of hydrogen-bond donors (Lipinski definition) is 0. The summed E-state index contributed by atoms with van der Waals surface area (Å²) in [5.74, 6) is 0.439. The summed E-state index contributed by atoms with van der Waals surface area (Å²) in [5, 5.41) is 0.571. The third-order valence-electron chi connectivity index (χ3n) is 2.04. The van der Waals surface area contributed by atoms with Gasteiger partial charge in [-0.3, -0.25) is 0 Å². The van der Waals surface area contributed by atoms with Crippen molar-refractivity contribution >= 4 is 15.9 Å². The van der Waals surface area contributed by atoms with Crippen LogP contribution in [0.1, 0.15) is 12.5 Å². The van der Waals surface area contributed by atoms with Crippen molar-refractivity contribution < 1.29 is 13.9 Å². The van der Waals surface area contributed by atoms with Gasteiger partial charge in [-0.15, -0.1) is 0 Å². The van der Waals surface area contributed by atoms with E-state index in [-0.39, 0.29) is 11.9 Å². The Morgan fingerprint density at radius 2 is 2.20 bits per heavy atom.